The zero-order valence-corrected chi connectivity index (χ0v) is 13.5. The van der Waals surface area contributed by atoms with Crippen LogP contribution in [0.3, 0.4) is 0 Å². The third-order valence-corrected chi connectivity index (χ3v) is 5.41. The van der Waals surface area contributed by atoms with Gasteiger partial charge in [-0.05, 0) is 13.0 Å². The lowest BCUT2D eigenvalue weighted by Crippen LogP contribution is -2.30. The van der Waals surface area contributed by atoms with Crippen LogP contribution < -0.4 is 15.4 Å². The minimum atomic E-state index is -0.0686. The number of hydrogen-bond acceptors (Lipinski definition) is 7. The van der Waals surface area contributed by atoms with Crippen molar-refractivity contribution in [1.29, 1.82) is 0 Å². The van der Waals surface area contributed by atoms with Gasteiger partial charge in [-0.2, -0.15) is 9.47 Å². The summed E-state index contributed by atoms with van der Waals surface area (Å²) in [7, 11) is 1.70. The molecular weight excluding hydrogens is 300 g/mol. The van der Waals surface area contributed by atoms with Crippen LogP contribution in [0.4, 0.5) is 10.9 Å². The van der Waals surface area contributed by atoms with Crippen molar-refractivity contribution >= 4 is 22.5 Å². The highest BCUT2D eigenvalue weighted by atomic mass is 32.1. The molecule has 4 rings (SSSR count). The summed E-state index contributed by atoms with van der Waals surface area (Å²) in [6, 6.07) is 3.42. The molecule has 116 valence electrons. The van der Waals surface area contributed by atoms with Gasteiger partial charge in [-0.25, -0.2) is 9.67 Å². The van der Waals surface area contributed by atoms with Crippen molar-refractivity contribution in [3.05, 3.63) is 28.3 Å². The Morgan fingerprint density at radius 3 is 2.41 bits per heavy atom. The van der Waals surface area contributed by atoms with Gasteiger partial charge in [0.15, 0.2) is 0 Å². The Morgan fingerprint density at radius 1 is 1.14 bits per heavy atom. The molecule has 0 aromatic carbocycles. The van der Waals surface area contributed by atoms with E-state index in [0.717, 1.165) is 43.0 Å². The normalized spacial score (nSPS) is 24.1. The summed E-state index contributed by atoms with van der Waals surface area (Å²) in [5.74, 6) is 3.01. The Balaban J connectivity index is 1.47. The highest BCUT2D eigenvalue weighted by Crippen LogP contribution is 2.35. The third kappa shape index (κ3) is 2.27. The summed E-state index contributed by atoms with van der Waals surface area (Å²) in [6.07, 6.45) is 0. The van der Waals surface area contributed by atoms with Gasteiger partial charge in [-0.15, -0.1) is 0 Å². The third-order valence-electron chi connectivity index (χ3n) is 4.54. The predicted molar refractivity (Wildman–Crippen MR) is 85.5 cm³/mol. The lowest BCUT2D eigenvalue weighted by molar-refractivity contribution is 0.533. The zero-order chi connectivity index (χ0) is 15.3. The van der Waals surface area contributed by atoms with Gasteiger partial charge in [0.1, 0.15) is 11.6 Å². The number of fused-ring (bicyclic) bond motifs is 1. The van der Waals surface area contributed by atoms with Crippen molar-refractivity contribution in [2.45, 2.75) is 6.92 Å². The minimum absolute atomic E-state index is 0.0686. The van der Waals surface area contributed by atoms with Crippen LogP contribution in [0, 0.1) is 18.8 Å². The molecule has 2 aliphatic rings. The fourth-order valence-electron chi connectivity index (χ4n) is 3.41. The maximum Gasteiger partial charge on any atom is 0.266 e. The first-order valence-corrected chi connectivity index (χ1v) is 8.22. The molecule has 0 radical (unpaired) electrons. The van der Waals surface area contributed by atoms with Crippen LogP contribution in [0.25, 0.3) is 0 Å². The van der Waals surface area contributed by atoms with E-state index in [2.05, 4.69) is 24.3 Å². The molecule has 7 nitrogen and oxygen atoms in total. The fourth-order valence-corrected chi connectivity index (χ4v) is 4.10. The molecule has 2 fully saturated rings. The molecule has 2 unspecified atom stereocenters. The summed E-state index contributed by atoms with van der Waals surface area (Å²) in [5.41, 5.74) is -0.0686. The topological polar surface area (TPSA) is 67.2 Å². The van der Waals surface area contributed by atoms with Crippen LogP contribution in [0.15, 0.2) is 16.9 Å². The quantitative estimate of drug-likeness (QED) is 0.804. The van der Waals surface area contributed by atoms with Crippen LogP contribution in [-0.4, -0.2) is 45.3 Å². The van der Waals surface area contributed by atoms with Crippen molar-refractivity contribution < 1.29 is 0 Å². The van der Waals surface area contributed by atoms with E-state index in [0.29, 0.717) is 11.8 Å². The average Bonchev–Trinajstić information content (AvgIpc) is 3.15. The lowest BCUT2D eigenvalue weighted by Gasteiger charge is -2.21. The van der Waals surface area contributed by atoms with E-state index in [9.17, 15) is 4.79 Å². The molecule has 2 aromatic rings. The van der Waals surface area contributed by atoms with Gasteiger partial charge in [0.05, 0.1) is 0 Å². The molecule has 2 aromatic heterocycles. The van der Waals surface area contributed by atoms with E-state index in [1.165, 1.54) is 16.2 Å². The number of hydrogen-bond donors (Lipinski definition) is 0. The molecule has 8 heteroatoms. The Kier molecular flexibility index (Phi) is 3.14. The smallest absolute Gasteiger partial charge is 0.266 e. The molecule has 2 atom stereocenters. The van der Waals surface area contributed by atoms with Crippen molar-refractivity contribution in [3.63, 3.8) is 0 Å². The molecule has 0 saturated carbocycles. The first-order valence-electron chi connectivity index (χ1n) is 7.45. The first-order chi connectivity index (χ1) is 10.6. The van der Waals surface area contributed by atoms with Crippen LogP contribution in [-0.2, 0) is 7.05 Å². The van der Waals surface area contributed by atoms with Gasteiger partial charge in [0, 0.05) is 62.7 Å². The number of aromatic nitrogens is 4. The largest absolute Gasteiger partial charge is 0.354 e. The molecule has 22 heavy (non-hydrogen) atoms. The van der Waals surface area contributed by atoms with Gasteiger partial charge < -0.3 is 9.80 Å². The van der Waals surface area contributed by atoms with Crippen molar-refractivity contribution in [2.75, 3.05) is 36.0 Å². The minimum Gasteiger partial charge on any atom is -0.354 e. The van der Waals surface area contributed by atoms with Crippen molar-refractivity contribution in [3.8, 4) is 0 Å². The molecule has 0 bridgehead atoms. The second-order valence-corrected chi connectivity index (χ2v) is 6.84. The van der Waals surface area contributed by atoms with Gasteiger partial charge in [0.2, 0.25) is 5.13 Å². The van der Waals surface area contributed by atoms with Crippen LogP contribution >= 0.6 is 11.5 Å². The summed E-state index contributed by atoms with van der Waals surface area (Å²) < 4.78 is 5.67. The molecule has 0 N–H and O–H groups in total. The summed E-state index contributed by atoms with van der Waals surface area (Å²) in [4.78, 5) is 20.6. The second kappa shape index (κ2) is 5.05. The van der Waals surface area contributed by atoms with Crippen LogP contribution in [0.2, 0.25) is 0 Å². The number of aryl methyl sites for hydroxylation is 2. The zero-order valence-electron chi connectivity index (χ0n) is 12.6. The lowest BCUT2D eigenvalue weighted by atomic mass is 10.0. The van der Waals surface area contributed by atoms with Gasteiger partial charge in [-0.1, -0.05) is 0 Å². The molecule has 2 saturated heterocycles. The fraction of sp³-hybridized carbons (Fsp3) is 0.571. The van der Waals surface area contributed by atoms with E-state index >= 15 is 0 Å². The average molecular weight is 318 g/mol. The molecular formula is C14H18N6OS. The monoisotopic (exact) mass is 318 g/mol. The standard InChI is InChI=1S/C14H18N6OS/c1-9-15-14(22-17-9)20-7-10-5-19(6-11(10)8-20)12-3-4-13(21)18(2)16-12/h3-4,10-11H,5-8H2,1-2H3. The maximum absolute atomic E-state index is 11.4. The first kappa shape index (κ1) is 13.7. The van der Waals surface area contributed by atoms with Crippen molar-refractivity contribution in [2.24, 2.45) is 18.9 Å². The van der Waals surface area contributed by atoms with E-state index in [4.69, 9.17) is 0 Å². The SMILES string of the molecule is Cc1nsc(N2CC3CN(c4ccc(=O)n(C)n4)CC3C2)n1. The Bertz CT molecular complexity index is 742. The van der Waals surface area contributed by atoms with Gasteiger partial charge in [-0.3, -0.25) is 4.79 Å². The van der Waals surface area contributed by atoms with Crippen LogP contribution in [0.1, 0.15) is 5.82 Å². The summed E-state index contributed by atoms with van der Waals surface area (Å²) in [5, 5.41) is 5.40. The highest BCUT2D eigenvalue weighted by molar-refractivity contribution is 7.09. The molecule has 0 amide bonds. The Labute approximate surface area is 132 Å². The van der Waals surface area contributed by atoms with Gasteiger partial charge >= 0.3 is 0 Å². The van der Waals surface area contributed by atoms with E-state index in [-0.39, 0.29) is 5.56 Å². The number of rotatable bonds is 2. The highest BCUT2D eigenvalue weighted by Gasteiger charge is 2.41. The van der Waals surface area contributed by atoms with E-state index < -0.39 is 0 Å². The molecule has 2 aliphatic heterocycles. The van der Waals surface area contributed by atoms with E-state index in [1.807, 2.05) is 13.0 Å². The van der Waals surface area contributed by atoms with Crippen LogP contribution in [0.5, 0.6) is 0 Å². The molecule has 0 spiro atoms. The molecule has 4 heterocycles. The predicted octanol–water partition coefficient (Wildman–Crippen LogP) is 0.513. The maximum atomic E-state index is 11.4. The van der Waals surface area contributed by atoms with Gasteiger partial charge in [0.25, 0.3) is 5.56 Å². The Morgan fingerprint density at radius 2 is 1.82 bits per heavy atom. The van der Waals surface area contributed by atoms with Crippen molar-refractivity contribution in [1.82, 2.24) is 19.1 Å². The number of anilines is 2. The Hall–Kier alpha value is -1.96. The summed E-state index contributed by atoms with van der Waals surface area (Å²) >= 11 is 1.49. The second-order valence-electron chi connectivity index (χ2n) is 6.11. The van der Waals surface area contributed by atoms with E-state index in [1.54, 1.807) is 13.1 Å². The summed E-state index contributed by atoms with van der Waals surface area (Å²) in [6.45, 7) is 5.97. The molecule has 0 aliphatic carbocycles. The number of nitrogens with zero attached hydrogens (tertiary/aromatic N) is 6.